The van der Waals surface area contributed by atoms with Gasteiger partial charge in [-0.1, -0.05) is 48.5 Å². The molecule has 1 N–H and O–H groups in total. The van der Waals surface area contributed by atoms with Gasteiger partial charge in [0.25, 0.3) is 0 Å². The second-order valence-electron chi connectivity index (χ2n) is 7.67. The number of hydrogen-bond acceptors (Lipinski definition) is 3. The van der Waals surface area contributed by atoms with Crippen LogP contribution in [0.25, 0.3) is 11.1 Å². The van der Waals surface area contributed by atoms with Crippen molar-refractivity contribution in [3.05, 3.63) is 54.6 Å². The van der Waals surface area contributed by atoms with Gasteiger partial charge < -0.3 is 9.64 Å². The molecular weight excluding hydrogens is 324 g/mol. The molecule has 2 aromatic rings. The highest BCUT2D eigenvalue weighted by atomic mass is 16.6. The molecule has 0 aromatic heterocycles. The van der Waals surface area contributed by atoms with Gasteiger partial charge in [0, 0.05) is 17.5 Å². The average molecular weight is 350 g/mol. The molecule has 2 fully saturated rings. The Hall–Kier alpha value is -2.33. The number of rotatable bonds is 4. The Morgan fingerprint density at radius 3 is 2.50 bits per heavy atom. The van der Waals surface area contributed by atoms with E-state index in [2.05, 4.69) is 24.3 Å². The summed E-state index contributed by atoms with van der Waals surface area (Å²) in [6.07, 6.45) is 3.09. The summed E-state index contributed by atoms with van der Waals surface area (Å²) in [5.74, 6) is 1.12. The third-order valence-corrected chi connectivity index (χ3v) is 5.91. The van der Waals surface area contributed by atoms with Crippen molar-refractivity contribution in [2.75, 3.05) is 19.4 Å². The van der Waals surface area contributed by atoms with Crippen molar-refractivity contribution >= 4 is 11.8 Å². The number of para-hydroxylation sites is 1. The summed E-state index contributed by atoms with van der Waals surface area (Å²) in [5, 5.41) is 2.96. The quantitative estimate of drug-likeness (QED) is 0.874. The van der Waals surface area contributed by atoms with Crippen LogP contribution in [0.5, 0.6) is 0 Å². The number of anilines is 1. The summed E-state index contributed by atoms with van der Waals surface area (Å²) in [6, 6.07) is 18.5. The van der Waals surface area contributed by atoms with E-state index in [4.69, 9.17) is 4.74 Å². The molecule has 2 saturated carbocycles. The topological polar surface area (TPSA) is 41.6 Å². The van der Waals surface area contributed by atoms with Crippen molar-refractivity contribution in [1.82, 2.24) is 4.90 Å². The molecule has 0 radical (unpaired) electrons. The van der Waals surface area contributed by atoms with E-state index in [1.54, 1.807) is 0 Å². The van der Waals surface area contributed by atoms with Crippen LogP contribution < -0.4 is 5.32 Å². The lowest BCUT2D eigenvalue weighted by Gasteiger charge is -2.26. The Kier molecular flexibility index (Phi) is 4.68. The molecule has 4 heteroatoms. The largest absolute Gasteiger partial charge is 0.446 e. The standard InChI is InChI=1S/C22H26N2O2/c1-24(2)21-16-12-13-18(21)20(14-16)26-22(25)23-19-11-7-6-10-17(19)15-8-4-3-5-9-15/h3-11,16,18,20-21H,12-14H2,1-2H3,(H,23,25). The number of fused-ring (bicyclic) bond motifs is 2. The molecule has 0 heterocycles. The Morgan fingerprint density at radius 1 is 1.04 bits per heavy atom. The van der Waals surface area contributed by atoms with Crippen molar-refractivity contribution in [2.45, 2.75) is 31.4 Å². The second kappa shape index (κ2) is 7.12. The van der Waals surface area contributed by atoms with Gasteiger partial charge >= 0.3 is 6.09 Å². The highest BCUT2D eigenvalue weighted by molar-refractivity contribution is 5.91. The van der Waals surface area contributed by atoms with E-state index in [0.29, 0.717) is 17.9 Å². The van der Waals surface area contributed by atoms with E-state index in [9.17, 15) is 4.79 Å². The number of benzene rings is 2. The van der Waals surface area contributed by atoms with E-state index in [1.165, 1.54) is 6.42 Å². The van der Waals surface area contributed by atoms with Crippen molar-refractivity contribution in [2.24, 2.45) is 11.8 Å². The Morgan fingerprint density at radius 2 is 1.77 bits per heavy atom. The maximum Gasteiger partial charge on any atom is 0.411 e. The Balaban J connectivity index is 1.45. The summed E-state index contributed by atoms with van der Waals surface area (Å²) in [4.78, 5) is 14.9. The Bertz CT molecular complexity index is 775. The first-order chi connectivity index (χ1) is 12.6. The molecule has 4 unspecified atom stereocenters. The predicted molar refractivity (Wildman–Crippen MR) is 104 cm³/mol. The molecule has 2 bridgehead atoms. The van der Waals surface area contributed by atoms with Crippen LogP contribution >= 0.6 is 0 Å². The molecule has 2 aliphatic carbocycles. The lowest BCUT2D eigenvalue weighted by atomic mass is 9.98. The van der Waals surface area contributed by atoms with Gasteiger partial charge in [0.05, 0.1) is 5.69 Å². The first kappa shape index (κ1) is 17.1. The predicted octanol–water partition coefficient (Wildman–Crippen LogP) is 4.63. The summed E-state index contributed by atoms with van der Waals surface area (Å²) in [6.45, 7) is 0. The number of nitrogens with zero attached hydrogens (tertiary/aromatic N) is 1. The third-order valence-electron chi connectivity index (χ3n) is 5.91. The Labute approximate surface area is 155 Å². The zero-order valence-corrected chi connectivity index (χ0v) is 15.4. The summed E-state index contributed by atoms with van der Waals surface area (Å²) in [7, 11) is 4.27. The average Bonchev–Trinajstić information content (AvgIpc) is 3.21. The van der Waals surface area contributed by atoms with E-state index < -0.39 is 0 Å². The van der Waals surface area contributed by atoms with Crippen LogP contribution in [0.15, 0.2) is 54.6 Å². The highest BCUT2D eigenvalue weighted by Crippen LogP contribution is 2.48. The van der Waals surface area contributed by atoms with Crippen LogP contribution in [0.1, 0.15) is 19.3 Å². The molecule has 2 aromatic carbocycles. The minimum Gasteiger partial charge on any atom is -0.446 e. The molecular formula is C22H26N2O2. The number of amides is 1. The van der Waals surface area contributed by atoms with Crippen LogP contribution in [0.2, 0.25) is 0 Å². The minimum atomic E-state index is -0.344. The van der Waals surface area contributed by atoms with Gasteiger partial charge in [0.2, 0.25) is 0 Å². The third kappa shape index (κ3) is 3.21. The van der Waals surface area contributed by atoms with Crippen molar-refractivity contribution in [1.29, 1.82) is 0 Å². The lowest BCUT2D eigenvalue weighted by Crippen LogP contribution is -2.35. The fraction of sp³-hybridized carbons (Fsp3) is 0.409. The molecule has 1 amide bonds. The van der Waals surface area contributed by atoms with Crippen LogP contribution in [-0.2, 0) is 4.74 Å². The molecule has 136 valence electrons. The fourth-order valence-corrected chi connectivity index (χ4v) is 4.91. The van der Waals surface area contributed by atoms with Gasteiger partial charge in [-0.15, -0.1) is 0 Å². The minimum absolute atomic E-state index is 0.0324. The highest BCUT2D eigenvalue weighted by Gasteiger charge is 2.50. The molecule has 2 aliphatic rings. The van der Waals surface area contributed by atoms with Crippen LogP contribution in [0.4, 0.5) is 10.5 Å². The SMILES string of the molecule is CN(C)C1C2CCC1C(OC(=O)Nc1ccccc1-c1ccccc1)C2. The van der Waals surface area contributed by atoms with E-state index in [-0.39, 0.29) is 12.2 Å². The maximum atomic E-state index is 12.6. The van der Waals surface area contributed by atoms with E-state index >= 15 is 0 Å². The number of hydrogen-bond donors (Lipinski definition) is 1. The summed E-state index contributed by atoms with van der Waals surface area (Å²) >= 11 is 0. The van der Waals surface area contributed by atoms with E-state index in [0.717, 1.165) is 29.7 Å². The molecule has 4 atom stereocenters. The summed E-state index contributed by atoms with van der Waals surface area (Å²) < 4.78 is 5.84. The van der Waals surface area contributed by atoms with Gasteiger partial charge in [-0.3, -0.25) is 5.32 Å². The molecule has 0 aliphatic heterocycles. The fourth-order valence-electron chi connectivity index (χ4n) is 4.91. The van der Waals surface area contributed by atoms with Gasteiger partial charge in [0.1, 0.15) is 6.10 Å². The molecule has 4 nitrogen and oxygen atoms in total. The monoisotopic (exact) mass is 350 g/mol. The number of ether oxygens (including phenoxy) is 1. The van der Waals surface area contributed by atoms with Gasteiger partial charge in [-0.2, -0.15) is 0 Å². The van der Waals surface area contributed by atoms with Gasteiger partial charge in [0.15, 0.2) is 0 Å². The maximum absolute atomic E-state index is 12.6. The van der Waals surface area contributed by atoms with Crippen molar-refractivity contribution < 1.29 is 9.53 Å². The number of carbonyl (C=O) groups excluding carboxylic acids is 1. The zero-order valence-electron chi connectivity index (χ0n) is 15.4. The zero-order chi connectivity index (χ0) is 18.1. The second-order valence-corrected chi connectivity index (χ2v) is 7.67. The summed E-state index contributed by atoms with van der Waals surface area (Å²) in [5.41, 5.74) is 2.87. The van der Waals surface area contributed by atoms with Crippen molar-refractivity contribution in [3.8, 4) is 11.1 Å². The smallest absolute Gasteiger partial charge is 0.411 e. The molecule has 26 heavy (non-hydrogen) atoms. The number of carbonyl (C=O) groups is 1. The first-order valence-corrected chi connectivity index (χ1v) is 9.42. The number of nitrogens with one attached hydrogen (secondary N) is 1. The molecule has 0 spiro atoms. The van der Waals surface area contributed by atoms with Crippen LogP contribution in [0.3, 0.4) is 0 Å². The van der Waals surface area contributed by atoms with Crippen LogP contribution in [-0.4, -0.2) is 37.2 Å². The van der Waals surface area contributed by atoms with E-state index in [1.807, 2.05) is 54.6 Å². The first-order valence-electron chi connectivity index (χ1n) is 9.42. The molecule has 4 rings (SSSR count). The van der Waals surface area contributed by atoms with Crippen LogP contribution in [0, 0.1) is 11.8 Å². The normalized spacial score (nSPS) is 26.9. The van der Waals surface area contributed by atoms with Crippen molar-refractivity contribution in [3.63, 3.8) is 0 Å². The van der Waals surface area contributed by atoms with Gasteiger partial charge in [-0.25, -0.2) is 4.79 Å². The lowest BCUT2D eigenvalue weighted by molar-refractivity contribution is 0.0681. The molecule has 0 saturated heterocycles. The van der Waals surface area contributed by atoms with Gasteiger partial charge in [-0.05, 0) is 50.9 Å².